The molecule has 0 aromatic carbocycles. The maximum absolute atomic E-state index is 9.63. The van der Waals surface area contributed by atoms with Crippen LogP contribution in [-0.2, 0) is 35.1 Å². The van der Waals surface area contributed by atoms with Crippen LogP contribution < -0.4 is 29.6 Å². The van der Waals surface area contributed by atoms with Crippen LogP contribution >= 0.6 is 23.5 Å². The van der Waals surface area contributed by atoms with Crippen molar-refractivity contribution in [2.75, 3.05) is 0 Å². The third-order valence-electron chi connectivity index (χ3n) is 0.213. The summed E-state index contributed by atoms with van der Waals surface area (Å²) in [5.74, 6) is 0. The van der Waals surface area contributed by atoms with E-state index in [9.17, 15) is 9.13 Å². The van der Waals surface area contributed by atoms with E-state index in [0.29, 0.717) is 0 Å². The summed E-state index contributed by atoms with van der Waals surface area (Å²) in [6.07, 6.45) is 0. The molecule has 11 nitrogen and oxygen atoms in total. The standard InChI is InChI=1S/Fe.Mg.Na.H4O7P2.H3O4P.3H/c;;;1-8(2,3)7-9(4,5)6;1-5(2,3)4;;;/h;;;(H2,1,2,3)(H2,4,5,6);(H3,1,2,3,4);;;/q;+2;+1;;;3*-1. The third-order valence-corrected chi connectivity index (χ3v) is 1.91. The smallest absolute Gasteiger partial charge is 1.00 e. The van der Waals surface area contributed by atoms with Crippen molar-refractivity contribution in [1.82, 2.24) is 0 Å². The average Bonchev–Trinajstić information content (AvgIpc) is 1.42. The Hall–Kier alpha value is 2.66. The van der Waals surface area contributed by atoms with Crippen molar-refractivity contribution in [3.63, 3.8) is 0 Å². The Kier molecular flexibility index (Phi) is 23.2. The first kappa shape index (κ1) is 31.8. The molecule has 102 valence electrons. The van der Waals surface area contributed by atoms with E-state index >= 15 is 0 Å². The topological polar surface area (TPSA) is 202 Å². The van der Waals surface area contributed by atoms with E-state index in [2.05, 4.69) is 4.31 Å². The van der Waals surface area contributed by atoms with Gasteiger partial charge in [0.15, 0.2) is 0 Å². The molecule has 0 aliphatic carbocycles. The molecule has 17 heteroatoms. The molecule has 7 N–H and O–H groups in total. The fourth-order valence-electron chi connectivity index (χ4n) is 0.139. The van der Waals surface area contributed by atoms with Gasteiger partial charge in [0.25, 0.3) is 0 Å². The van der Waals surface area contributed by atoms with Gasteiger partial charge in [-0.1, -0.05) is 0 Å². The quantitative estimate of drug-likeness (QED) is 0.178. The van der Waals surface area contributed by atoms with E-state index in [1.54, 1.807) is 0 Å². The zero-order valence-corrected chi connectivity index (χ0v) is 15.4. The Bertz CT molecular complexity index is 282. The molecule has 0 fully saturated rings. The van der Waals surface area contributed by atoms with Gasteiger partial charge in [-0.3, -0.25) is 0 Å². The summed E-state index contributed by atoms with van der Waals surface area (Å²) in [6, 6.07) is 0. The number of hydrogen-bond donors (Lipinski definition) is 7. The molecule has 0 aromatic rings. The SMILES string of the molecule is O=P(O)(O)O.O=P(O)(O)OP(=O)(O)O.[Fe].[H-].[H-].[H-].[Mg+2].[Na+]. The van der Waals surface area contributed by atoms with Crippen molar-refractivity contribution in [1.29, 1.82) is 0 Å². The predicted octanol–water partition coefficient (Wildman–Crippen LogP) is -4.78. The molecule has 0 saturated carbocycles. The molecule has 0 aromatic heterocycles. The molecular formula is H10FeMgNaO11P3. The van der Waals surface area contributed by atoms with E-state index in [1.165, 1.54) is 0 Å². The normalized spacial score (nSPS) is 10.8. The van der Waals surface area contributed by atoms with Crippen molar-refractivity contribution >= 4 is 46.5 Å². The van der Waals surface area contributed by atoms with Crippen LogP contribution in [0, 0.1) is 0 Å². The Morgan fingerprint density at radius 3 is 0.882 bits per heavy atom. The van der Waals surface area contributed by atoms with E-state index in [1.807, 2.05) is 0 Å². The van der Waals surface area contributed by atoms with Crippen LogP contribution in [0.2, 0.25) is 0 Å². The molecule has 0 aliphatic rings. The van der Waals surface area contributed by atoms with Crippen molar-refractivity contribution in [3.05, 3.63) is 0 Å². The van der Waals surface area contributed by atoms with Crippen LogP contribution in [0.1, 0.15) is 4.28 Å². The van der Waals surface area contributed by atoms with Gasteiger partial charge in [0.1, 0.15) is 0 Å². The maximum Gasteiger partial charge on any atom is 2.00 e. The molecule has 0 spiro atoms. The van der Waals surface area contributed by atoms with Crippen LogP contribution in [0.25, 0.3) is 0 Å². The Morgan fingerprint density at radius 2 is 0.882 bits per heavy atom. The Balaban J connectivity index is -0.0000000199. The third kappa shape index (κ3) is 69.1. The molecule has 0 rings (SSSR count). The second-order valence-electron chi connectivity index (χ2n) is 1.58. The Morgan fingerprint density at radius 1 is 0.765 bits per heavy atom. The fraction of sp³-hybridized carbons (Fsp3) is 0. The van der Waals surface area contributed by atoms with E-state index < -0.39 is 23.5 Å². The van der Waals surface area contributed by atoms with Gasteiger partial charge in [-0.2, -0.15) is 4.31 Å². The molecule has 0 radical (unpaired) electrons. The minimum Gasteiger partial charge on any atom is -1.00 e. The number of rotatable bonds is 2. The summed E-state index contributed by atoms with van der Waals surface area (Å²) in [4.78, 5) is 52.6. The first-order chi connectivity index (χ1) is 5.71. The van der Waals surface area contributed by atoms with E-state index in [-0.39, 0.29) is 74.0 Å². The summed E-state index contributed by atoms with van der Waals surface area (Å²) in [5.41, 5.74) is 0. The van der Waals surface area contributed by atoms with Gasteiger partial charge in [0.2, 0.25) is 0 Å². The largest absolute Gasteiger partial charge is 2.00 e. The molecule has 0 aliphatic heterocycles. The van der Waals surface area contributed by atoms with Gasteiger partial charge in [0, 0.05) is 17.1 Å². The molecule has 0 saturated heterocycles. The molecule has 0 atom stereocenters. The van der Waals surface area contributed by atoms with Crippen molar-refractivity contribution in [2.24, 2.45) is 0 Å². The van der Waals surface area contributed by atoms with Crippen molar-refractivity contribution in [3.8, 4) is 0 Å². The van der Waals surface area contributed by atoms with Gasteiger partial charge in [-0.15, -0.1) is 0 Å². The molecule has 0 amide bonds. The fourth-order valence-corrected chi connectivity index (χ4v) is 1.25. The minimum absolute atomic E-state index is 0. The van der Waals surface area contributed by atoms with Gasteiger partial charge < -0.3 is 38.5 Å². The molecule has 0 unspecified atom stereocenters. The average molecular weight is 382 g/mol. The number of hydrogen-bond acceptors (Lipinski definition) is 4. The van der Waals surface area contributed by atoms with E-state index in [4.69, 9.17) is 38.8 Å². The summed E-state index contributed by atoms with van der Waals surface area (Å²) >= 11 is 0. The van der Waals surface area contributed by atoms with Crippen molar-refractivity contribution < 1.29 is 103 Å². The first-order valence-corrected chi connectivity index (χ1v) is 6.94. The van der Waals surface area contributed by atoms with Crippen LogP contribution in [0.15, 0.2) is 0 Å². The second kappa shape index (κ2) is 12.4. The summed E-state index contributed by atoms with van der Waals surface area (Å²) in [6.45, 7) is 0. The first-order valence-electron chi connectivity index (χ1n) is 2.31. The van der Waals surface area contributed by atoms with E-state index in [0.717, 1.165) is 0 Å². The van der Waals surface area contributed by atoms with Gasteiger partial charge in [-0.25, -0.2) is 13.7 Å². The molecular weight excluding hydrogens is 372 g/mol. The van der Waals surface area contributed by atoms with Crippen LogP contribution in [0.5, 0.6) is 0 Å². The van der Waals surface area contributed by atoms with Gasteiger partial charge in [-0.05, 0) is 0 Å². The zero-order chi connectivity index (χ0) is 12.2. The second-order valence-corrected chi connectivity index (χ2v) is 5.22. The molecule has 0 heterocycles. The van der Waals surface area contributed by atoms with Gasteiger partial charge in [0.05, 0.1) is 0 Å². The molecule has 0 bridgehead atoms. The Labute approximate surface area is 148 Å². The van der Waals surface area contributed by atoms with Crippen LogP contribution in [-0.4, -0.2) is 57.3 Å². The minimum atomic E-state index is -5.05. The summed E-state index contributed by atoms with van der Waals surface area (Å²) in [5, 5.41) is 0. The predicted molar refractivity (Wildman–Crippen MR) is 48.5 cm³/mol. The monoisotopic (exact) mass is 382 g/mol. The number of phosphoric acid groups is 3. The maximum atomic E-state index is 9.63. The van der Waals surface area contributed by atoms with Crippen molar-refractivity contribution in [2.45, 2.75) is 0 Å². The van der Waals surface area contributed by atoms with Crippen LogP contribution in [0.3, 0.4) is 0 Å². The van der Waals surface area contributed by atoms with Gasteiger partial charge >= 0.3 is 76.1 Å². The summed E-state index contributed by atoms with van der Waals surface area (Å²) < 4.78 is 31.1. The summed E-state index contributed by atoms with van der Waals surface area (Å²) in [7, 11) is -14.7. The zero-order valence-electron chi connectivity index (χ0n) is 11.2. The molecule has 17 heavy (non-hydrogen) atoms. The van der Waals surface area contributed by atoms with Crippen LogP contribution in [0.4, 0.5) is 0 Å².